The Balaban J connectivity index is 2.90. The lowest BCUT2D eigenvalue weighted by Gasteiger charge is -2.12. The maximum Gasteiger partial charge on any atom is 0.402 e. The van der Waals surface area contributed by atoms with E-state index in [9.17, 15) is 26.4 Å². The third-order valence-corrected chi connectivity index (χ3v) is 3.18. The zero-order valence-electron chi connectivity index (χ0n) is 10.6. The number of ether oxygens (including phenoxy) is 1. The maximum absolute atomic E-state index is 11.9. The van der Waals surface area contributed by atoms with Gasteiger partial charge in [-0.3, -0.25) is 4.72 Å². The zero-order valence-corrected chi connectivity index (χ0v) is 11.4. The zero-order chi connectivity index (χ0) is 16.3. The minimum atomic E-state index is -4.69. The Morgan fingerprint density at radius 2 is 2.00 bits per heavy atom. The first-order valence-electron chi connectivity index (χ1n) is 5.29. The molecular formula is C10H11F3N2O5S. The highest BCUT2D eigenvalue weighted by Gasteiger charge is 2.29. The summed E-state index contributed by atoms with van der Waals surface area (Å²) in [6, 6.07) is 3.18. The van der Waals surface area contributed by atoms with E-state index in [1.54, 1.807) is 0 Å². The Morgan fingerprint density at radius 3 is 2.48 bits per heavy atom. The molecule has 1 aromatic carbocycles. The number of carboxylic acids is 1. The van der Waals surface area contributed by atoms with Gasteiger partial charge >= 0.3 is 12.1 Å². The number of rotatable bonds is 6. The van der Waals surface area contributed by atoms with Crippen molar-refractivity contribution in [2.45, 2.75) is 6.18 Å². The van der Waals surface area contributed by atoms with Crippen LogP contribution in [0.3, 0.4) is 0 Å². The molecule has 118 valence electrons. The molecule has 3 N–H and O–H groups in total. The maximum atomic E-state index is 11.9. The van der Waals surface area contributed by atoms with Gasteiger partial charge in [-0.05, 0) is 12.1 Å². The van der Waals surface area contributed by atoms with Crippen molar-refractivity contribution in [2.75, 3.05) is 18.4 Å². The van der Waals surface area contributed by atoms with Crippen LogP contribution in [-0.4, -0.2) is 39.3 Å². The molecule has 0 saturated heterocycles. The Hall–Kier alpha value is -2.01. The van der Waals surface area contributed by atoms with Crippen LogP contribution in [0.25, 0.3) is 0 Å². The first-order chi connectivity index (χ1) is 9.54. The molecule has 7 nitrogen and oxygen atoms in total. The fourth-order valence-corrected chi connectivity index (χ4v) is 2.16. The normalized spacial score (nSPS) is 12.0. The Bertz CT molecular complexity index is 630. The molecule has 1 aromatic rings. The van der Waals surface area contributed by atoms with Crippen LogP contribution in [0.5, 0.6) is 5.75 Å². The van der Waals surface area contributed by atoms with Gasteiger partial charge in [0.05, 0.1) is 12.8 Å². The van der Waals surface area contributed by atoms with Crippen molar-refractivity contribution in [3.05, 3.63) is 23.8 Å². The highest BCUT2D eigenvalue weighted by molar-refractivity contribution is 7.90. The van der Waals surface area contributed by atoms with Gasteiger partial charge in [-0.25, -0.2) is 4.79 Å². The summed E-state index contributed by atoms with van der Waals surface area (Å²) in [5.74, 6) is -1.44. The molecule has 1 rings (SSSR count). The van der Waals surface area contributed by atoms with Crippen molar-refractivity contribution in [1.82, 2.24) is 4.72 Å². The lowest BCUT2D eigenvalue weighted by atomic mass is 10.2. The van der Waals surface area contributed by atoms with Crippen LogP contribution >= 0.6 is 0 Å². The molecule has 0 aliphatic heterocycles. The lowest BCUT2D eigenvalue weighted by molar-refractivity contribution is -0.121. The molecule has 0 heterocycles. The predicted octanol–water partition coefficient (Wildman–Crippen LogP) is 1.20. The number of hydrogen-bond acceptors (Lipinski definition) is 4. The lowest BCUT2D eigenvalue weighted by Crippen LogP contribution is -2.37. The van der Waals surface area contributed by atoms with E-state index in [1.165, 1.54) is 11.8 Å². The summed E-state index contributed by atoms with van der Waals surface area (Å²) >= 11 is 0. The van der Waals surface area contributed by atoms with E-state index in [0.29, 0.717) is 0 Å². The molecule has 21 heavy (non-hydrogen) atoms. The summed E-state index contributed by atoms with van der Waals surface area (Å²) < 4.78 is 66.5. The number of nitrogens with one attached hydrogen (secondary N) is 2. The largest absolute Gasteiger partial charge is 0.496 e. The van der Waals surface area contributed by atoms with Crippen LogP contribution in [0, 0.1) is 0 Å². The van der Waals surface area contributed by atoms with Crippen LogP contribution < -0.4 is 14.2 Å². The van der Waals surface area contributed by atoms with E-state index >= 15 is 0 Å². The topological polar surface area (TPSA) is 105 Å². The second-order valence-corrected chi connectivity index (χ2v) is 5.26. The number of alkyl halides is 3. The molecular weight excluding hydrogens is 317 g/mol. The third-order valence-electron chi connectivity index (χ3n) is 2.15. The first kappa shape index (κ1) is 17.0. The number of methoxy groups -OCH3 is 1. The van der Waals surface area contributed by atoms with E-state index in [2.05, 4.69) is 0 Å². The molecule has 11 heteroatoms. The quantitative estimate of drug-likeness (QED) is 0.728. The van der Waals surface area contributed by atoms with E-state index in [-0.39, 0.29) is 17.0 Å². The molecule has 0 aliphatic rings. The number of carboxylic acid groups (broad SMARTS) is 1. The average molecular weight is 328 g/mol. The minimum absolute atomic E-state index is 0.140. The van der Waals surface area contributed by atoms with Crippen LogP contribution in [0.15, 0.2) is 18.2 Å². The first-order valence-corrected chi connectivity index (χ1v) is 6.78. The molecule has 0 unspecified atom stereocenters. The van der Waals surface area contributed by atoms with Gasteiger partial charge in [-0.2, -0.15) is 26.3 Å². The molecule has 0 saturated carbocycles. The highest BCUT2D eigenvalue weighted by atomic mass is 32.2. The SMILES string of the molecule is COc1cc(NS(=O)(=O)NCC(F)(F)F)ccc1C(=O)O. The minimum Gasteiger partial charge on any atom is -0.496 e. The van der Waals surface area contributed by atoms with Gasteiger partial charge in [-0.15, -0.1) is 0 Å². The van der Waals surface area contributed by atoms with Gasteiger partial charge in [0, 0.05) is 6.07 Å². The van der Waals surface area contributed by atoms with Crippen molar-refractivity contribution in [3.63, 3.8) is 0 Å². The molecule has 0 aliphatic carbocycles. The monoisotopic (exact) mass is 328 g/mol. The van der Waals surface area contributed by atoms with Crippen LogP contribution in [0.1, 0.15) is 10.4 Å². The van der Waals surface area contributed by atoms with Crippen LogP contribution in [0.4, 0.5) is 18.9 Å². The van der Waals surface area contributed by atoms with Crippen molar-refractivity contribution >= 4 is 21.9 Å². The number of anilines is 1. The van der Waals surface area contributed by atoms with Gasteiger partial charge < -0.3 is 9.84 Å². The fourth-order valence-electron chi connectivity index (χ4n) is 1.30. The van der Waals surface area contributed by atoms with Crippen molar-refractivity contribution in [3.8, 4) is 5.75 Å². The fraction of sp³-hybridized carbons (Fsp3) is 0.300. The van der Waals surface area contributed by atoms with Gasteiger partial charge in [0.2, 0.25) is 0 Å². The van der Waals surface area contributed by atoms with E-state index in [4.69, 9.17) is 9.84 Å². The molecule has 0 amide bonds. The summed E-state index contributed by atoms with van der Waals surface area (Å²) in [4.78, 5) is 10.8. The number of hydrogen-bond donors (Lipinski definition) is 3. The third kappa shape index (κ3) is 5.47. The molecule has 0 aromatic heterocycles. The van der Waals surface area contributed by atoms with E-state index in [1.807, 2.05) is 4.72 Å². The summed E-state index contributed by atoms with van der Waals surface area (Å²) in [7, 11) is -3.28. The molecule has 0 bridgehead atoms. The standard InChI is InChI=1S/C10H11F3N2O5S/c1-20-8-4-6(2-3-7(8)9(16)17)15-21(18,19)14-5-10(11,12)13/h2-4,14-15H,5H2,1H3,(H,16,17). The van der Waals surface area contributed by atoms with Crippen LogP contribution in [0.2, 0.25) is 0 Å². The number of benzene rings is 1. The number of aromatic carboxylic acids is 1. The second-order valence-electron chi connectivity index (χ2n) is 3.76. The molecule has 0 fully saturated rings. The van der Waals surface area contributed by atoms with Gasteiger partial charge in [0.25, 0.3) is 10.2 Å². The number of halogens is 3. The summed E-state index contributed by atoms with van der Waals surface area (Å²) in [5.41, 5.74) is -0.366. The van der Waals surface area contributed by atoms with Crippen molar-refractivity contribution in [2.24, 2.45) is 0 Å². The second kappa shape index (κ2) is 6.18. The van der Waals surface area contributed by atoms with Gasteiger partial charge in [0.15, 0.2) is 0 Å². The van der Waals surface area contributed by atoms with Gasteiger partial charge in [0.1, 0.15) is 17.9 Å². The summed E-state index contributed by atoms with van der Waals surface area (Å²) in [5, 5.41) is 8.84. The summed E-state index contributed by atoms with van der Waals surface area (Å²) in [6.07, 6.45) is -4.69. The Kier molecular flexibility index (Phi) is 5.01. The van der Waals surface area contributed by atoms with E-state index < -0.39 is 28.9 Å². The van der Waals surface area contributed by atoms with Crippen LogP contribution in [-0.2, 0) is 10.2 Å². The predicted molar refractivity (Wildman–Crippen MR) is 66.6 cm³/mol. The Morgan fingerprint density at radius 1 is 1.38 bits per heavy atom. The smallest absolute Gasteiger partial charge is 0.402 e. The van der Waals surface area contributed by atoms with Crippen molar-refractivity contribution < 1.29 is 36.2 Å². The van der Waals surface area contributed by atoms with E-state index in [0.717, 1.165) is 18.2 Å². The number of carbonyl (C=O) groups is 1. The molecule has 0 radical (unpaired) electrons. The average Bonchev–Trinajstić information content (AvgIpc) is 2.35. The molecule has 0 atom stereocenters. The Labute approximate surface area is 117 Å². The summed E-state index contributed by atoms with van der Waals surface area (Å²) in [6.45, 7) is -1.73. The van der Waals surface area contributed by atoms with Gasteiger partial charge in [-0.1, -0.05) is 0 Å². The van der Waals surface area contributed by atoms with Crippen molar-refractivity contribution in [1.29, 1.82) is 0 Å². The highest BCUT2D eigenvalue weighted by Crippen LogP contribution is 2.23. The molecule has 0 spiro atoms.